The summed E-state index contributed by atoms with van der Waals surface area (Å²) >= 11 is 0. The Morgan fingerprint density at radius 2 is 2.05 bits per heavy atom. The van der Waals surface area contributed by atoms with Crippen LogP contribution in [0.4, 0.5) is 0 Å². The lowest BCUT2D eigenvalue weighted by Gasteiger charge is -2.30. The number of fused-ring (bicyclic) bond motifs is 2. The number of hydrogen-bond acceptors (Lipinski definition) is 3. The van der Waals surface area contributed by atoms with Crippen LogP contribution in [0.2, 0.25) is 0 Å². The summed E-state index contributed by atoms with van der Waals surface area (Å²) in [6.07, 6.45) is 6.42. The molecule has 4 nitrogen and oxygen atoms in total. The van der Waals surface area contributed by atoms with Gasteiger partial charge in [-0.05, 0) is 45.4 Å². The first-order valence-corrected chi connectivity index (χ1v) is 7.17. The molecule has 106 valence electrons. The predicted octanol–water partition coefficient (Wildman–Crippen LogP) is 2.00. The van der Waals surface area contributed by atoms with Crippen molar-refractivity contribution in [3.05, 3.63) is 12.2 Å². The van der Waals surface area contributed by atoms with Crippen molar-refractivity contribution >= 4 is 11.9 Å². The molecule has 0 aromatic heterocycles. The molecule has 0 aliphatic heterocycles. The highest BCUT2D eigenvalue weighted by molar-refractivity contribution is 5.84. The molecule has 0 aromatic carbocycles. The third-order valence-electron chi connectivity index (χ3n) is 4.11. The van der Waals surface area contributed by atoms with Crippen molar-refractivity contribution in [2.75, 3.05) is 13.2 Å². The molecule has 3 unspecified atom stereocenters. The first-order chi connectivity index (χ1) is 9.02. The van der Waals surface area contributed by atoms with Gasteiger partial charge in [-0.25, -0.2) is 0 Å². The molecule has 0 saturated heterocycles. The van der Waals surface area contributed by atoms with E-state index < -0.39 is 0 Å². The highest BCUT2D eigenvalue weighted by Crippen LogP contribution is 2.44. The zero-order valence-corrected chi connectivity index (χ0v) is 12.0. The van der Waals surface area contributed by atoms with Crippen LogP contribution in [0, 0.1) is 17.8 Å². The van der Waals surface area contributed by atoms with Crippen LogP contribution in [0.5, 0.6) is 0 Å². The van der Waals surface area contributed by atoms with Gasteiger partial charge in [0.2, 0.25) is 5.91 Å². The molecule has 2 rings (SSSR count). The fourth-order valence-corrected chi connectivity index (χ4v) is 3.14. The number of nitrogens with zero attached hydrogens (tertiary/aromatic N) is 1. The Labute approximate surface area is 114 Å². The summed E-state index contributed by atoms with van der Waals surface area (Å²) in [6, 6.07) is 0.0278. The predicted molar refractivity (Wildman–Crippen MR) is 72.3 cm³/mol. The topological polar surface area (TPSA) is 46.6 Å². The number of allylic oxidation sites excluding steroid dienone is 2. The number of esters is 1. The standard InChI is InChI=1S/C15H23NO3/c1-4-19-14(17)9-16(10(2)3)15(18)13-8-11-5-6-12(13)7-11/h5-6,10-13H,4,7-9H2,1-3H3. The van der Waals surface area contributed by atoms with E-state index in [2.05, 4.69) is 12.2 Å². The van der Waals surface area contributed by atoms with Gasteiger partial charge in [-0.15, -0.1) is 0 Å². The number of rotatable bonds is 5. The van der Waals surface area contributed by atoms with Gasteiger partial charge in [0.05, 0.1) is 6.61 Å². The zero-order valence-electron chi connectivity index (χ0n) is 12.0. The summed E-state index contributed by atoms with van der Waals surface area (Å²) in [5, 5.41) is 0. The summed E-state index contributed by atoms with van der Waals surface area (Å²) in [5.74, 6) is 0.798. The number of hydrogen-bond donors (Lipinski definition) is 0. The summed E-state index contributed by atoms with van der Waals surface area (Å²) in [5.41, 5.74) is 0. The van der Waals surface area contributed by atoms with E-state index >= 15 is 0 Å². The number of ether oxygens (including phenoxy) is 1. The van der Waals surface area contributed by atoms with Gasteiger partial charge in [0, 0.05) is 12.0 Å². The molecular weight excluding hydrogens is 242 g/mol. The minimum Gasteiger partial charge on any atom is -0.465 e. The highest BCUT2D eigenvalue weighted by atomic mass is 16.5. The van der Waals surface area contributed by atoms with Crippen molar-refractivity contribution in [1.29, 1.82) is 0 Å². The Bertz CT molecular complexity index is 389. The van der Waals surface area contributed by atoms with E-state index in [0.717, 1.165) is 12.8 Å². The van der Waals surface area contributed by atoms with Crippen LogP contribution in [-0.4, -0.2) is 36.0 Å². The van der Waals surface area contributed by atoms with Gasteiger partial charge in [0.1, 0.15) is 6.54 Å². The maximum absolute atomic E-state index is 12.6. The smallest absolute Gasteiger partial charge is 0.325 e. The molecule has 2 aliphatic rings. The van der Waals surface area contributed by atoms with E-state index in [1.165, 1.54) is 0 Å². The van der Waals surface area contributed by atoms with Crippen LogP contribution in [0.25, 0.3) is 0 Å². The molecule has 3 atom stereocenters. The monoisotopic (exact) mass is 265 g/mol. The van der Waals surface area contributed by atoms with Gasteiger partial charge in [0.15, 0.2) is 0 Å². The first kappa shape index (κ1) is 14.1. The molecule has 1 saturated carbocycles. The summed E-state index contributed by atoms with van der Waals surface area (Å²) in [7, 11) is 0. The Hall–Kier alpha value is -1.32. The minimum absolute atomic E-state index is 0.0278. The second kappa shape index (κ2) is 5.76. The fraction of sp³-hybridized carbons (Fsp3) is 0.733. The van der Waals surface area contributed by atoms with Crippen LogP contribution in [0.3, 0.4) is 0 Å². The largest absolute Gasteiger partial charge is 0.465 e. The minimum atomic E-state index is -0.316. The first-order valence-electron chi connectivity index (χ1n) is 7.17. The Morgan fingerprint density at radius 1 is 1.32 bits per heavy atom. The third kappa shape index (κ3) is 2.99. The van der Waals surface area contributed by atoms with Gasteiger partial charge in [0.25, 0.3) is 0 Å². The van der Waals surface area contributed by atoms with Crippen LogP contribution in [-0.2, 0) is 14.3 Å². The van der Waals surface area contributed by atoms with E-state index in [9.17, 15) is 9.59 Å². The van der Waals surface area contributed by atoms with Crippen LogP contribution in [0.1, 0.15) is 33.6 Å². The van der Waals surface area contributed by atoms with Crippen molar-refractivity contribution in [2.24, 2.45) is 17.8 Å². The quantitative estimate of drug-likeness (QED) is 0.564. The average molecular weight is 265 g/mol. The van der Waals surface area contributed by atoms with E-state index in [1.54, 1.807) is 11.8 Å². The second-order valence-electron chi connectivity index (χ2n) is 5.75. The highest BCUT2D eigenvalue weighted by Gasteiger charge is 2.42. The molecule has 2 aliphatic carbocycles. The SMILES string of the molecule is CCOC(=O)CN(C(=O)C1CC2C=CC1C2)C(C)C. The molecule has 2 bridgehead atoms. The Balaban J connectivity index is 2.00. The van der Waals surface area contributed by atoms with Crippen LogP contribution in [0.15, 0.2) is 12.2 Å². The van der Waals surface area contributed by atoms with Crippen molar-refractivity contribution in [3.63, 3.8) is 0 Å². The third-order valence-corrected chi connectivity index (χ3v) is 4.11. The summed E-state index contributed by atoms with van der Waals surface area (Å²) in [6.45, 7) is 6.10. The Morgan fingerprint density at radius 3 is 2.53 bits per heavy atom. The molecule has 0 heterocycles. The van der Waals surface area contributed by atoms with Crippen LogP contribution >= 0.6 is 0 Å². The molecule has 0 aromatic rings. The van der Waals surface area contributed by atoms with Crippen molar-refractivity contribution in [2.45, 2.75) is 39.7 Å². The van der Waals surface area contributed by atoms with Gasteiger partial charge >= 0.3 is 5.97 Å². The van der Waals surface area contributed by atoms with Gasteiger partial charge in [-0.1, -0.05) is 12.2 Å². The second-order valence-corrected chi connectivity index (χ2v) is 5.75. The molecule has 19 heavy (non-hydrogen) atoms. The number of carbonyl (C=O) groups excluding carboxylic acids is 2. The summed E-state index contributed by atoms with van der Waals surface area (Å²) < 4.78 is 4.95. The lowest BCUT2D eigenvalue weighted by Crippen LogP contribution is -2.45. The average Bonchev–Trinajstić information content (AvgIpc) is 2.97. The molecular formula is C15H23NO3. The van der Waals surface area contributed by atoms with Gasteiger partial charge < -0.3 is 9.64 Å². The van der Waals surface area contributed by atoms with Crippen LogP contribution < -0.4 is 0 Å². The zero-order chi connectivity index (χ0) is 14.0. The maximum atomic E-state index is 12.6. The lowest BCUT2D eigenvalue weighted by molar-refractivity contribution is -0.151. The number of amides is 1. The number of carbonyl (C=O) groups is 2. The summed E-state index contributed by atoms with van der Waals surface area (Å²) in [4.78, 5) is 25.9. The fourth-order valence-electron chi connectivity index (χ4n) is 3.14. The van der Waals surface area contributed by atoms with E-state index in [0.29, 0.717) is 18.4 Å². The molecule has 1 fully saturated rings. The molecule has 0 spiro atoms. The van der Waals surface area contributed by atoms with Crippen molar-refractivity contribution in [3.8, 4) is 0 Å². The van der Waals surface area contributed by atoms with E-state index in [4.69, 9.17) is 4.74 Å². The van der Waals surface area contributed by atoms with E-state index in [-0.39, 0.29) is 30.4 Å². The van der Waals surface area contributed by atoms with Gasteiger partial charge in [-0.3, -0.25) is 9.59 Å². The molecule has 0 N–H and O–H groups in total. The lowest BCUT2D eigenvalue weighted by atomic mass is 9.92. The molecule has 1 amide bonds. The molecule has 0 radical (unpaired) electrons. The maximum Gasteiger partial charge on any atom is 0.325 e. The van der Waals surface area contributed by atoms with Crippen molar-refractivity contribution < 1.29 is 14.3 Å². The Kier molecular flexibility index (Phi) is 4.27. The van der Waals surface area contributed by atoms with Crippen molar-refractivity contribution in [1.82, 2.24) is 4.90 Å². The molecule has 4 heteroatoms. The normalized spacial score (nSPS) is 27.9. The van der Waals surface area contributed by atoms with Gasteiger partial charge in [-0.2, -0.15) is 0 Å². The van der Waals surface area contributed by atoms with E-state index in [1.807, 2.05) is 13.8 Å².